The van der Waals surface area contributed by atoms with Gasteiger partial charge in [0, 0.05) is 13.0 Å². The first-order valence-corrected chi connectivity index (χ1v) is 6.36. The molecule has 0 aliphatic carbocycles. The van der Waals surface area contributed by atoms with Gasteiger partial charge in [0.25, 0.3) is 0 Å². The number of amides is 3. The van der Waals surface area contributed by atoms with Crippen molar-refractivity contribution in [1.29, 1.82) is 0 Å². The molecule has 0 aromatic rings. The molecular weight excluding hydrogens is 264 g/mol. The average Bonchev–Trinajstić information content (AvgIpc) is 2.52. The molecule has 1 aliphatic heterocycles. The van der Waals surface area contributed by atoms with Crippen LogP contribution in [0.1, 0.15) is 20.8 Å². The molecule has 1 saturated heterocycles. The molecule has 0 aromatic carbocycles. The fourth-order valence-corrected chi connectivity index (χ4v) is 2.53. The molecule has 114 valence electrons. The Morgan fingerprint density at radius 1 is 1.50 bits per heavy atom. The Labute approximate surface area is 117 Å². The monoisotopic (exact) mass is 286 g/mol. The van der Waals surface area contributed by atoms with E-state index in [0.717, 1.165) is 4.90 Å². The van der Waals surface area contributed by atoms with Crippen LogP contribution in [0.4, 0.5) is 0 Å². The zero-order valence-corrected chi connectivity index (χ0v) is 12.1. The number of nitrogens with one attached hydrogen (secondary N) is 1. The van der Waals surface area contributed by atoms with E-state index in [4.69, 9.17) is 11.5 Å². The lowest BCUT2D eigenvalue weighted by atomic mass is 9.85. The number of nitrogens with zero attached hydrogens (tertiary/aromatic N) is 1. The predicted octanol–water partition coefficient (Wildman–Crippen LogP) is -2.47. The lowest BCUT2D eigenvalue weighted by Crippen LogP contribution is -2.61. The van der Waals surface area contributed by atoms with Crippen molar-refractivity contribution in [2.45, 2.75) is 44.5 Å². The van der Waals surface area contributed by atoms with Gasteiger partial charge >= 0.3 is 0 Å². The van der Waals surface area contributed by atoms with Crippen molar-refractivity contribution in [1.82, 2.24) is 10.2 Å². The number of carbonyl (C=O) groups is 3. The quantitative estimate of drug-likeness (QED) is 0.453. The van der Waals surface area contributed by atoms with Crippen molar-refractivity contribution >= 4 is 17.7 Å². The van der Waals surface area contributed by atoms with Crippen LogP contribution in [0.3, 0.4) is 0 Å². The van der Waals surface area contributed by atoms with E-state index in [1.54, 1.807) is 13.8 Å². The van der Waals surface area contributed by atoms with Gasteiger partial charge in [0.1, 0.15) is 11.6 Å². The normalized spacial score (nSPS) is 32.4. The highest BCUT2D eigenvalue weighted by molar-refractivity contribution is 5.99. The van der Waals surface area contributed by atoms with Crippen molar-refractivity contribution in [3.63, 3.8) is 0 Å². The second-order valence-corrected chi connectivity index (χ2v) is 5.51. The second kappa shape index (κ2) is 5.37. The van der Waals surface area contributed by atoms with Gasteiger partial charge in [-0.05, 0) is 13.8 Å². The highest BCUT2D eigenvalue weighted by atomic mass is 16.3. The minimum Gasteiger partial charge on any atom is -0.391 e. The summed E-state index contributed by atoms with van der Waals surface area (Å²) in [5.74, 6) is -2.21. The van der Waals surface area contributed by atoms with Crippen molar-refractivity contribution < 1.29 is 19.5 Å². The maximum Gasteiger partial charge on any atom is 0.248 e. The zero-order valence-electron chi connectivity index (χ0n) is 12.1. The molecule has 1 fully saturated rings. The summed E-state index contributed by atoms with van der Waals surface area (Å²) in [4.78, 5) is 36.6. The Hall–Kier alpha value is -1.67. The predicted molar refractivity (Wildman–Crippen MR) is 71.1 cm³/mol. The van der Waals surface area contributed by atoms with Crippen LogP contribution < -0.4 is 16.8 Å². The maximum absolute atomic E-state index is 12.6. The highest BCUT2D eigenvalue weighted by Crippen LogP contribution is 2.28. The van der Waals surface area contributed by atoms with E-state index >= 15 is 0 Å². The second-order valence-electron chi connectivity index (χ2n) is 5.51. The third-order valence-corrected chi connectivity index (χ3v) is 4.07. The Bertz CT molecular complexity index is 439. The van der Waals surface area contributed by atoms with Crippen LogP contribution >= 0.6 is 0 Å². The van der Waals surface area contributed by atoms with Crippen LogP contribution in [0.25, 0.3) is 0 Å². The summed E-state index contributed by atoms with van der Waals surface area (Å²) in [5, 5.41) is 12.1. The van der Waals surface area contributed by atoms with Crippen LogP contribution in [-0.2, 0) is 14.4 Å². The Balaban J connectivity index is 3.05. The number of likely N-dealkylation sites (N-methyl/N-ethyl adjacent to an activating group) is 1. The molecule has 0 saturated carbocycles. The molecule has 5 atom stereocenters. The Morgan fingerprint density at radius 3 is 2.30 bits per heavy atom. The molecule has 8 nitrogen and oxygen atoms in total. The van der Waals surface area contributed by atoms with E-state index in [9.17, 15) is 19.5 Å². The standard InChI is InChI=1S/C12H22N4O4/c1-5-7(13)10(19)15-12(5,3)11(20)16(4)8(6(2)17)9(14)18/h5-8,17H,13H2,1-4H3,(H2,14,18)(H,15,19)/t5?,6-,7?,8+,12?/m1/s1. The topological polar surface area (TPSA) is 139 Å². The van der Waals surface area contributed by atoms with Crippen molar-refractivity contribution in [2.24, 2.45) is 17.4 Å². The number of nitrogens with two attached hydrogens (primary N) is 2. The fraction of sp³-hybridized carbons (Fsp3) is 0.750. The summed E-state index contributed by atoms with van der Waals surface area (Å²) >= 11 is 0. The Kier molecular flexibility index (Phi) is 4.40. The maximum atomic E-state index is 12.6. The van der Waals surface area contributed by atoms with Gasteiger partial charge in [-0.25, -0.2) is 0 Å². The molecular formula is C12H22N4O4. The van der Waals surface area contributed by atoms with Gasteiger partial charge in [0.05, 0.1) is 12.1 Å². The van der Waals surface area contributed by atoms with E-state index in [0.29, 0.717) is 0 Å². The third-order valence-electron chi connectivity index (χ3n) is 4.07. The van der Waals surface area contributed by atoms with Crippen LogP contribution in [0.15, 0.2) is 0 Å². The number of carbonyl (C=O) groups excluding carboxylic acids is 3. The van der Waals surface area contributed by atoms with Crippen LogP contribution in [0, 0.1) is 5.92 Å². The van der Waals surface area contributed by atoms with Crippen molar-refractivity contribution in [2.75, 3.05) is 7.05 Å². The summed E-state index contributed by atoms with van der Waals surface area (Å²) in [6.07, 6.45) is -1.12. The summed E-state index contributed by atoms with van der Waals surface area (Å²) in [6.45, 7) is 4.58. The minimum absolute atomic E-state index is 0.422. The molecule has 0 radical (unpaired) electrons. The first kappa shape index (κ1) is 16.4. The molecule has 20 heavy (non-hydrogen) atoms. The summed E-state index contributed by atoms with van der Waals surface area (Å²) in [5.41, 5.74) is 9.68. The van der Waals surface area contributed by atoms with E-state index in [2.05, 4.69) is 5.32 Å². The minimum atomic E-state index is -1.23. The van der Waals surface area contributed by atoms with Gasteiger partial charge in [-0.3, -0.25) is 14.4 Å². The third kappa shape index (κ3) is 2.48. The molecule has 0 bridgehead atoms. The molecule has 1 rings (SSSR count). The number of aliphatic hydroxyl groups is 1. The summed E-state index contributed by atoms with van der Waals surface area (Å²) in [6, 6.07) is -1.96. The van der Waals surface area contributed by atoms with Gasteiger partial charge in [-0.15, -0.1) is 0 Å². The van der Waals surface area contributed by atoms with E-state index in [-0.39, 0.29) is 0 Å². The van der Waals surface area contributed by atoms with Crippen LogP contribution in [0.5, 0.6) is 0 Å². The lowest BCUT2D eigenvalue weighted by Gasteiger charge is -2.36. The SMILES string of the molecule is CC1C(N)C(=O)NC1(C)C(=O)N(C)[C@H](C(N)=O)[C@@H](C)O. The molecule has 3 unspecified atom stereocenters. The largest absolute Gasteiger partial charge is 0.391 e. The first-order valence-electron chi connectivity index (χ1n) is 6.36. The summed E-state index contributed by atoms with van der Waals surface area (Å²) < 4.78 is 0. The molecule has 1 aliphatic rings. The highest BCUT2D eigenvalue weighted by Gasteiger charge is 2.53. The van der Waals surface area contributed by atoms with Crippen molar-refractivity contribution in [3.8, 4) is 0 Å². The van der Waals surface area contributed by atoms with Crippen LogP contribution in [0.2, 0.25) is 0 Å². The van der Waals surface area contributed by atoms with Gasteiger partial charge in [0.15, 0.2) is 0 Å². The number of hydrogen-bond donors (Lipinski definition) is 4. The van der Waals surface area contributed by atoms with Crippen molar-refractivity contribution in [3.05, 3.63) is 0 Å². The van der Waals surface area contributed by atoms with Crippen LogP contribution in [-0.4, -0.2) is 58.5 Å². The summed E-state index contributed by atoms with van der Waals surface area (Å²) in [7, 11) is 1.36. The lowest BCUT2D eigenvalue weighted by molar-refractivity contribution is -0.147. The van der Waals surface area contributed by atoms with Gasteiger partial charge < -0.3 is 26.8 Å². The van der Waals surface area contributed by atoms with Gasteiger partial charge in [0.2, 0.25) is 17.7 Å². The molecule has 1 heterocycles. The number of rotatable bonds is 4. The Morgan fingerprint density at radius 2 is 2.00 bits per heavy atom. The molecule has 0 spiro atoms. The first-order chi connectivity index (χ1) is 9.04. The van der Waals surface area contributed by atoms with E-state index < -0.39 is 47.4 Å². The molecule has 3 amide bonds. The number of hydrogen-bond acceptors (Lipinski definition) is 5. The van der Waals surface area contributed by atoms with E-state index in [1.165, 1.54) is 14.0 Å². The smallest absolute Gasteiger partial charge is 0.248 e. The molecule has 6 N–H and O–H groups in total. The fourth-order valence-electron chi connectivity index (χ4n) is 2.53. The average molecular weight is 286 g/mol. The molecule has 8 heteroatoms. The van der Waals surface area contributed by atoms with Gasteiger partial charge in [-0.1, -0.05) is 6.92 Å². The van der Waals surface area contributed by atoms with E-state index in [1.807, 2.05) is 0 Å². The van der Waals surface area contributed by atoms with Gasteiger partial charge in [-0.2, -0.15) is 0 Å². The molecule has 0 aromatic heterocycles. The zero-order chi connectivity index (χ0) is 15.8. The number of primary amides is 1. The number of aliphatic hydroxyl groups excluding tert-OH is 1.